The van der Waals surface area contributed by atoms with Gasteiger partial charge in [-0.05, 0) is 49.3 Å². The largest absolute Gasteiger partial charge is 0.481 e. The zero-order valence-corrected chi connectivity index (χ0v) is 14.2. The fraction of sp³-hybridized carbons (Fsp3) is 0.444. The van der Waals surface area contributed by atoms with Crippen LogP contribution in [0, 0.1) is 24.1 Å². The summed E-state index contributed by atoms with van der Waals surface area (Å²) < 4.78 is 14.8. The number of hydrogen-bond acceptors (Lipinski definition) is 3. The van der Waals surface area contributed by atoms with Crippen molar-refractivity contribution >= 4 is 33.3 Å². The molecule has 1 N–H and O–H groups in total. The average Bonchev–Trinajstić information content (AvgIpc) is 3.15. The third-order valence-corrected chi connectivity index (χ3v) is 6.88. The average molecular weight is 347 g/mol. The topological polar surface area (TPSA) is 57.6 Å². The number of rotatable bonds is 2. The van der Waals surface area contributed by atoms with Crippen LogP contribution in [0.2, 0.25) is 0 Å². The minimum atomic E-state index is -0.717. The third-order valence-electron chi connectivity index (χ3n) is 5.63. The summed E-state index contributed by atoms with van der Waals surface area (Å²) in [5, 5.41) is 9.69. The molecular formula is C18H18FNO3S. The summed E-state index contributed by atoms with van der Waals surface area (Å²) in [7, 11) is 0. The quantitative estimate of drug-likeness (QED) is 0.902. The Morgan fingerprint density at radius 3 is 2.62 bits per heavy atom. The molecule has 1 spiro atoms. The van der Waals surface area contributed by atoms with Gasteiger partial charge in [-0.3, -0.25) is 9.59 Å². The molecule has 1 aliphatic heterocycles. The van der Waals surface area contributed by atoms with Gasteiger partial charge in [-0.1, -0.05) is 6.07 Å². The number of carbonyl (C=O) groups excluding carboxylic acids is 1. The van der Waals surface area contributed by atoms with E-state index < -0.39 is 5.97 Å². The van der Waals surface area contributed by atoms with Crippen molar-refractivity contribution in [1.29, 1.82) is 0 Å². The second kappa shape index (κ2) is 5.28. The van der Waals surface area contributed by atoms with Crippen LogP contribution in [0.4, 0.5) is 4.39 Å². The highest BCUT2D eigenvalue weighted by molar-refractivity contribution is 7.21. The number of piperidine rings is 1. The van der Waals surface area contributed by atoms with Crippen LogP contribution in [-0.2, 0) is 4.79 Å². The molecule has 1 aliphatic carbocycles. The lowest BCUT2D eigenvalue weighted by Crippen LogP contribution is -2.39. The molecule has 2 aliphatic rings. The number of carbonyl (C=O) groups is 2. The van der Waals surface area contributed by atoms with Crippen molar-refractivity contribution < 1.29 is 19.1 Å². The molecule has 1 aromatic heterocycles. The number of carboxylic acids is 1. The van der Waals surface area contributed by atoms with Crippen LogP contribution < -0.4 is 0 Å². The van der Waals surface area contributed by atoms with Crippen molar-refractivity contribution in [2.75, 3.05) is 13.1 Å². The standard InChI is InChI=1S/C18H18FNO3S/c1-10-14-12(19)3-2-4-13(14)24-15(10)16(21)20-7-5-18(6-8-20)9-11(18)17(22)23/h2-4,11H,5-9H2,1H3,(H,22,23). The second-order valence-electron chi connectivity index (χ2n) is 6.92. The molecule has 1 saturated carbocycles. The first-order valence-corrected chi connectivity index (χ1v) is 8.94. The summed E-state index contributed by atoms with van der Waals surface area (Å²) in [4.78, 5) is 26.4. The van der Waals surface area contributed by atoms with Gasteiger partial charge in [0.15, 0.2) is 0 Å². The van der Waals surface area contributed by atoms with Crippen LogP contribution >= 0.6 is 11.3 Å². The van der Waals surface area contributed by atoms with E-state index in [1.165, 1.54) is 17.4 Å². The number of hydrogen-bond donors (Lipinski definition) is 1. The Labute approximate surface area is 142 Å². The monoisotopic (exact) mass is 347 g/mol. The summed E-state index contributed by atoms with van der Waals surface area (Å²) in [6, 6.07) is 4.91. The van der Waals surface area contributed by atoms with E-state index in [4.69, 9.17) is 5.11 Å². The molecule has 126 valence electrons. The minimum absolute atomic E-state index is 0.0597. The molecule has 1 amide bonds. The van der Waals surface area contributed by atoms with E-state index in [2.05, 4.69) is 0 Å². The maximum atomic E-state index is 14.0. The van der Waals surface area contributed by atoms with E-state index in [-0.39, 0.29) is 23.1 Å². The molecule has 4 nitrogen and oxygen atoms in total. The molecule has 2 heterocycles. The Hall–Kier alpha value is -1.95. The maximum absolute atomic E-state index is 14.0. The second-order valence-corrected chi connectivity index (χ2v) is 7.97. The zero-order chi connectivity index (χ0) is 17.1. The van der Waals surface area contributed by atoms with E-state index in [0.29, 0.717) is 28.9 Å². The first-order valence-electron chi connectivity index (χ1n) is 8.13. The number of nitrogens with zero attached hydrogens (tertiary/aromatic N) is 1. The first-order chi connectivity index (χ1) is 11.4. The van der Waals surface area contributed by atoms with Gasteiger partial charge in [0.2, 0.25) is 0 Å². The number of thiophene rings is 1. The molecular weight excluding hydrogens is 329 g/mol. The summed E-state index contributed by atoms with van der Waals surface area (Å²) in [5.41, 5.74) is 0.609. The van der Waals surface area contributed by atoms with Gasteiger partial charge in [0, 0.05) is 23.2 Å². The molecule has 2 fully saturated rings. The lowest BCUT2D eigenvalue weighted by atomic mass is 9.90. The predicted octanol–water partition coefficient (Wildman–Crippen LogP) is 3.68. The van der Waals surface area contributed by atoms with Crippen molar-refractivity contribution in [3.63, 3.8) is 0 Å². The van der Waals surface area contributed by atoms with Crippen LogP contribution in [0.1, 0.15) is 34.5 Å². The van der Waals surface area contributed by atoms with Crippen molar-refractivity contribution in [3.05, 3.63) is 34.5 Å². The molecule has 2 aromatic rings. The van der Waals surface area contributed by atoms with E-state index in [1.807, 2.05) is 6.07 Å². The van der Waals surface area contributed by atoms with Crippen LogP contribution in [-0.4, -0.2) is 35.0 Å². The number of benzene rings is 1. The molecule has 24 heavy (non-hydrogen) atoms. The molecule has 1 unspecified atom stereocenters. The maximum Gasteiger partial charge on any atom is 0.307 e. The first kappa shape index (κ1) is 15.6. The lowest BCUT2D eigenvalue weighted by Gasteiger charge is -2.32. The van der Waals surface area contributed by atoms with E-state index >= 15 is 0 Å². The van der Waals surface area contributed by atoms with Gasteiger partial charge < -0.3 is 10.0 Å². The number of carboxylic acid groups (broad SMARTS) is 1. The summed E-state index contributed by atoms with van der Waals surface area (Å²) in [6.45, 7) is 2.96. The summed E-state index contributed by atoms with van der Waals surface area (Å²) in [5.74, 6) is -1.31. The van der Waals surface area contributed by atoms with Crippen LogP contribution in [0.25, 0.3) is 10.1 Å². The van der Waals surface area contributed by atoms with Gasteiger partial charge in [-0.15, -0.1) is 11.3 Å². The number of halogens is 1. The Morgan fingerprint density at radius 1 is 1.33 bits per heavy atom. The molecule has 0 radical (unpaired) electrons. The number of aliphatic carboxylic acids is 1. The highest BCUT2D eigenvalue weighted by Gasteiger charge is 2.59. The summed E-state index contributed by atoms with van der Waals surface area (Å²) >= 11 is 1.34. The van der Waals surface area contributed by atoms with Crippen LogP contribution in [0.5, 0.6) is 0 Å². The smallest absolute Gasteiger partial charge is 0.307 e. The highest BCUT2D eigenvalue weighted by atomic mass is 32.1. The van der Waals surface area contributed by atoms with Gasteiger partial charge in [0.25, 0.3) is 5.91 Å². The highest BCUT2D eigenvalue weighted by Crippen LogP contribution is 2.59. The van der Waals surface area contributed by atoms with E-state index in [1.54, 1.807) is 17.9 Å². The fourth-order valence-corrected chi connectivity index (χ4v) is 5.20. The Morgan fingerprint density at radius 2 is 2.04 bits per heavy atom. The minimum Gasteiger partial charge on any atom is -0.481 e. The van der Waals surface area contributed by atoms with Gasteiger partial charge in [0.1, 0.15) is 5.82 Å². The van der Waals surface area contributed by atoms with Crippen molar-refractivity contribution in [3.8, 4) is 0 Å². The fourth-order valence-electron chi connectivity index (χ4n) is 4.01. The molecule has 4 rings (SSSR count). The van der Waals surface area contributed by atoms with Crippen LogP contribution in [0.15, 0.2) is 18.2 Å². The van der Waals surface area contributed by atoms with Gasteiger partial charge in [-0.25, -0.2) is 4.39 Å². The Bertz CT molecular complexity index is 851. The number of amides is 1. The number of aryl methyl sites for hydroxylation is 1. The molecule has 1 aromatic carbocycles. The van der Waals surface area contributed by atoms with Crippen molar-refractivity contribution in [2.24, 2.45) is 11.3 Å². The molecule has 0 bridgehead atoms. The Kier molecular flexibility index (Phi) is 3.42. The third kappa shape index (κ3) is 2.24. The lowest BCUT2D eigenvalue weighted by molar-refractivity contribution is -0.139. The van der Waals surface area contributed by atoms with Gasteiger partial charge in [-0.2, -0.15) is 0 Å². The SMILES string of the molecule is Cc1c(C(=O)N2CCC3(CC2)CC3C(=O)O)sc2cccc(F)c12. The Balaban J connectivity index is 1.55. The molecule has 1 atom stereocenters. The predicted molar refractivity (Wildman–Crippen MR) is 89.8 cm³/mol. The van der Waals surface area contributed by atoms with Gasteiger partial charge >= 0.3 is 5.97 Å². The zero-order valence-electron chi connectivity index (χ0n) is 13.3. The van der Waals surface area contributed by atoms with E-state index in [0.717, 1.165) is 24.0 Å². The van der Waals surface area contributed by atoms with E-state index in [9.17, 15) is 14.0 Å². The molecule has 6 heteroatoms. The van der Waals surface area contributed by atoms with Crippen molar-refractivity contribution in [2.45, 2.75) is 26.2 Å². The van der Waals surface area contributed by atoms with Crippen LogP contribution in [0.3, 0.4) is 0 Å². The normalized spacial score (nSPS) is 22.1. The van der Waals surface area contributed by atoms with Crippen molar-refractivity contribution in [1.82, 2.24) is 4.90 Å². The summed E-state index contributed by atoms with van der Waals surface area (Å²) in [6.07, 6.45) is 2.22. The number of fused-ring (bicyclic) bond motifs is 1. The molecule has 1 saturated heterocycles. The van der Waals surface area contributed by atoms with Gasteiger partial charge in [0.05, 0.1) is 10.8 Å². The number of likely N-dealkylation sites (tertiary alicyclic amines) is 1.